The lowest BCUT2D eigenvalue weighted by Gasteiger charge is -2.11. The number of aromatic nitrogens is 4. The van der Waals surface area contributed by atoms with E-state index in [0.29, 0.717) is 23.7 Å². The van der Waals surface area contributed by atoms with Crippen molar-refractivity contribution in [3.63, 3.8) is 0 Å². The van der Waals surface area contributed by atoms with Crippen molar-refractivity contribution in [1.82, 2.24) is 18.7 Å². The highest BCUT2D eigenvalue weighted by Gasteiger charge is 2.19. The molecule has 1 saturated heterocycles. The summed E-state index contributed by atoms with van der Waals surface area (Å²) >= 11 is 0. The van der Waals surface area contributed by atoms with E-state index in [0.717, 1.165) is 24.0 Å². The van der Waals surface area contributed by atoms with Gasteiger partial charge in [0.2, 0.25) is 5.95 Å². The minimum Gasteiger partial charge on any atom is -0.376 e. The van der Waals surface area contributed by atoms with Crippen LogP contribution in [0.1, 0.15) is 12.8 Å². The summed E-state index contributed by atoms with van der Waals surface area (Å²) in [7, 11) is 4.84. The number of anilines is 1. The standard InChI is InChI=1S/C13H19N5O3/c1-16-9-10(17(2)13(20)18(3)11(9)19)15-12(16)14-7-8-5-4-6-21-8/h8H,4-7H2,1-3H3,(H,14,15)/t8-/m1/s1. The molecular weight excluding hydrogens is 274 g/mol. The zero-order valence-corrected chi connectivity index (χ0v) is 12.4. The van der Waals surface area contributed by atoms with Gasteiger partial charge >= 0.3 is 5.69 Å². The third kappa shape index (κ3) is 2.15. The number of hydrogen-bond acceptors (Lipinski definition) is 5. The predicted molar refractivity (Wildman–Crippen MR) is 78.7 cm³/mol. The van der Waals surface area contributed by atoms with Gasteiger partial charge in [0.15, 0.2) is 11.2 Å². The average Bonchev–Trinajstić information content (AvgIpc) is 3.09. The summed E-state index contributed by atoms with van der Waals surface area (Å²) in [5.74, 6) is 0.568. The molecule has 1 N–H and O–H groups in total. The van der Waals surface area contributed by atoms with Crippen LogP contribution in [0.15, 0.2) is 9.59 Å². The van der Waals surface area contributed by atoms with E-state index < -0.39 is 0 Å². The SMILES string of the molecule is Cn1c(=O)c2c(nc(NC[C@H]3CCCO3)n2C)n(C)c1=O. The van der Waals surface area contributed by atoms with Crippen molar-refractivity contribution < 1.29 is 4.74 Å². The Balaban J connectivity index is 2.03. The zero-order chi connectivity index (χ0) is 15.1. The molecule has 3 rings (SSSR count). The van der Waals surface area contributed by atoms with E-state index in [1.165, 1.54) is 11.6 Å². The number of nitrogens with zero attached hydrogens (tertiary/aromatic N) is 4. The molecular formula is C13H19N5O3. The summed E-state index contributed by atoms with van der Waals surface area (Å²) in [5, 5.41) is 3.20. The van der Waals surface area contributed by atoms with Gasteiger partial charge in [0, 0.05) is 34.3 Å². The number of rotatable bonds is 3. The minimum atomic E-state index is -0.378. The second-order valence-corrected chi connectivity index (χ2v) is 5.39. The van der Waals surface area contributed by atoms with Crippen molar-refractivity contribution in [2.24, 2.45) is 21.1 Å². The molecule has 1 aliphatic rings. The Morgan fingerprint density at radius 1 is 1.24 bits per heavy atom. The Morgan fingerprint density at radius 2 is 2.00 bits per heavy atom. The molecule has 21 heavy (non-hydrogen) atoms. The van der Waals surface area contributed by atoms with Gasteiger partial charge in [0.05, 0.1) is 6.10 Å². The summed E-state index contributed by atoms with van der Waals surface area (Å²) in [6.45, 7) is 1.44. The van der Waals surface area contributed by atoms with Crippen molar-refractivity contribution in [3.8, 4) is 0 Å². The van der Waals surface area contributed by atoms with Crippen molar-refractivity contribution >= 4 is 17.1 Å². The van der Waals surface area contributed by atoms with Crippen molar-refractivity contribution in [1.29, 1.82) is 0 Å². The first-order valence-electron chi connectivity index (χ1n) is 6.98. The lowest BCUT2D eigenvalue weighted by molar-refractivity contribution is 0.120. The average molecular weight is 293 g/mol. The van der Waals surface area contributed by atoms with E-state index in [2.05, 4.69) is 10.3 Å². The molecule has 0 spiro atoms. The summed E-state index contributed by atoms with van der Waals surface area (Å²) < 4.78 is 9.71. The second kappa shape index (κ2) is 5.03. The Labute approximate surface area is 121 Å². The number of fused-ring (bicyclic) bond motifs is 1. The van der Waals surface area contributed by atoms with Gasteiger partial charge in [-0.05, 0) is 12.8 Å². The topological polar surface area (TPSA) is 83.1 Å². The monoisotopic (exact) mass is 293 g/mol. The van der Waals surface area contributed by atoms with Crippen molar-refractivity contribution in [2.45, 2.75) is 18.9 Å². The summed E-state index contributed by atoms with van der Waals surface area (Å²) in [6.07, 6.45) is 2.28. The van der Waals surface area contributed by atoms with Crippen LogP contribution < -0.4 is 16.6 Å². The molecule has 3 heterocycles. The molecule has 114 valence electrons. The first-order chi connectivity index (χ1) is 10.0. The Bertz CT molecular complexity index is 795. The Morgan fingerprint density at radius 3 is 2.67 bits per heavy atom. The molecule has 1 fully saturated rings. The minimum absolute atomic E-state index is 0.177. The van der Waals surface area contributed by atoms with Gasteiger partial charge in [-0.1, -0.05) is 0 Å². The van der Waals surface area contributed by atoms with Gasteiger partial charge in [-0.15, -0.1) is 0 Å². The van der Waals surface area contributed by atoms with Gasteiger partial charge in [0.25, 0.3) is 5.56 Å². The van der Waals surface area contributed by atoms with Crippen LogP contribution >= 0.6 is 0 Å². The number of imidazole rings is 1. The highest BCUT2D eigenvalue weighted by Crippen LogP contribution is 2.16. The van der Waals surface area contributed by atoms with Gasteiger partial charge in [-0.25, -0.2) is 4.79 Å². The van der Waals surface area contributed by atoms with Crippen LogP contribution in [0.4, 0.5) is 5.95 Å². The molecule has 8 heteroatoms. The van der Waals surface area contributed by atoms with Crippen LogP contribution in [0.5, 0.6) is 0 Å². The van der Waals surface area contributed by atoms with E-state index in [9.17, 15) is 9.59 Å². The molecule has 0 aliphatic carbocycles. The van der Waals surface area contributed by atoms with Crippen LogP contribution in [0.25, 0.3) is 11.2 Å². The van der Waals surface area contributed by atoms with Gasteiger partial charge in [-0.3, -0.25) is 13.9 Å². The molecule has 2 aromatic heterocycles. The number of hydrogen-bond donors (Lipinski definition) is 1. The third-order valence-electron chi connectivity index (χ3n) is 3.99. The van der Waals surface area contributed by atoms with Crippen molar-refractivity contribution in [2.75, 3.05) is 18.5 Å². The smallest absolute Gasteiger partial charge is 0.332 e. The number of aryl methyl sites for hydroxylation is 2. The van der Waals surface area contributed by atoms with Crippen LogP contribution in [-0.2, 0) is 25.9 Å². The molecule has 0 saturated carbocycles. The van der Waals surface area contributed by atoms with Crippen LogP contribution in [0.2, 0.25) is 0 Å². The van der Waals surface area contributed by atoms with E-state index >= 15 is 0 Å². The summed E-state index contributed by atoms with van der Waals surface area (Å²) in [6, 6.07) is 0. The zero-order valence-electron chi connectivity index (χ0n) is 12.4. The highest BCUT2D eigenvalue weighted by molar-refractivity contribution is 5.74. The predicted octanol–water partition coefficient (Wildman–Crippen LogP) is -0.438. The molecule has 0 bridgehead atoms. The molecule has 8 nitrogen and oxygen atoms in total. The Kier molecular flexibility index (Phi) is 3.32. The van der Waals surface area contributed by atoms with Gasteiger partial charge in [0.1, 0.15) is 0 Å². The maximum Gasteiger partial charge on any atom is 0.332 e. The van der Waals surface area contributed by atoms with Crippen LogP contribution in [-0.4, -0.2) is 37.9 Å². The number of ether oxygens (including phenoxy) is 1. The highest BCUT2D eigenvalue weighted by atomic mass is 16.5. The Hall–Kier alpha value is -2.09. The molecule has 0 amide bonds. The van der Waals surface area contributed by atoms with Crippen LogP contribution in [0, 0.1) is 0 Å². The fourth-order valence-electron chi connectivity index (χ4n) is 2.69. The van der Waals surface area contributed by atoms with Crippen molar-refractivity contribution in [3.05, 3.63) is 20.8 Å². The summed E-state index contributed by atoms with van der Waals surface area (Å²) in [4.78, 5) is 28.5. The molecule has 2 aromatic rings. The van der Waals surface area contributed by atoms with E-state index in [-0.39, 0.29) is 17.4 Å². The quantitative estimate of drug-likeness (QED) is 0.829. The first-order valence-corrected chi connectivity index (χ1v) is 6.98. The maximum absolute atomic E-state index is 12.2. The number of nitrogens with one attached hydrogen (secondary N) is 1. The van der Waals surface area contributed by atoms with E-state index in [4.69, 9.17) is 4.74 Å². The molecule has 0 radical (unpaired) electrons. The van der Waals surface area contributed by atoms with Crippen LogP contribution in [0.3, 0.4) is 0 Å². The molecule has 0 unspecified atom stereocenters. The van der Waals surface area contributed by atoms with E-state index in [1.807, 2.05) is 0 Å². The second-order valence-electron chi connectivity index (χ2n) is 5.39. The van der Waals surface area contributed by atoms with Gasteiger partial charge < -0.3 is 14.6 Å². The molecule has 1 aliphatic heterocycles. The summed E-state index contributed by atoms with van der Waals surface area (Å²) in [5.41, 5.74) is 0.0828. The lowest BCUT2D eigenvalue weighted by atomic mass is 10.2. The fraction of sp³-hybridized carbons (Fsp3) is 0.615. The lowest BCUT2D eigenvalue weighted by Crippen LogP contribution is -2.37. The maximum atomic E-state index is 12.2. The third-order valence-corrected chi connectivity index (χ3v) is 3.99. The first kappa shape index (κ1) is 13.9. The fourth-order valence-corrected chi connectivity index (χ4v) is 2.69. The van der Waals surface area contributed by atoms with E-state index in [1.54, 1.807) is 18.7 Å². The van der Waals surface area contributed by atoms with Gasteiger partial charge in [-0.2, -0.15) is 4.98 Å². The normalized spacial score (nSPS) is 18.5. The molecule has 1 atom stereocenters. The molecule has 0 aromatic carbocycles. The largest absolute Gasteiger partial charge is 0.376 e.